The quantitative estimate of drug-likeness (QED) is 0.783. The number of nitriles is 3. The number of benzene rings is 1. The van der Waals surface area contributed by atoms with Gasteiger partial charge < -0.3 is 5.73 Å². The van der Waals surface area contributed by atoms with E-state index in [-0.39, 0.29) is 17.2 Å². The van der Waals surface area contributed by atoms with Crippen molar-refractivity contribution in [2.45, 2.75) is 25.2 Å². The number of rotatable bonds is 1. The summed E-state index contributed by atoms with van der Waals surface area (Å²) < 4.78 is 0. The van der Waals surface area contributed by atoms with Crippen LogP contribution >= 0.6 is 23.2 Å². The average Bonchev–Trinajstić information content (AvgIpc) is 2.63. The Kier molecular flexibility index (Phi) is 4.49. The molecule has 0 fully saturated rings. The third-order valence-corrected chi connectivity index (χ3v) is 5.84. The van der Waals surface area contributed by atoms with Crippen LogP contribution in [-0.4, -0.2) is 0 Å². The summed E-state index contributed by atoms with van der Waals surface area (Å²) in [6, 6.07) is 11.4. The molecule has 1 aromatic carbocycles. The van der Waals surface area contributed by atoms with Gasteiger partial charge in [-0.2, -0.15) is 15.8 Å². The Bertz CT molecular complexity index is 910. The number of allylic oxidation sites excluding steroid dienone is 4. The first kappa shape index (κ1) is 17.4. The van der Waals surface area contributed by atoms with Gasteiger partial charge in [-0.3, -0.25) is 0 Å². The number of halogens is 2. The van der Waals surface area contributed by atoms with Gasteiger partial charge in [-0.25, -0.2) is 0 Å². The van der Waals surface area contributed by atoms with Crippen LogP contribution in [0.1, 0.15) is 30.7 Å². The summed E-state index contributed by atoms with van der Waals surface area (Å²) in [6.45, 7) is 0. The van der Waals surface area contributed by atoms with E-state index in [1.54, 1.807) is 18.2 Å². The Hall–Kier alpha value is -2.45. The minimum absolute atomic E-state index is 0.0282. The first-order valence-corrected chi connectivity index (χ1v) is 8.64. The molecule has 2 aliphatic rings. The third kappa shape index (κ3) is 2.49. The van der Waals surface area contributed by atoms with E-state index in [2.05, 4.69) is 18.2 Å². The van der Waals surface area contributed by atoms with Crippen molar-refractivity contribution in [3.05, 3.63) is 56.7 Å². The minimum Gasteiger partial charge on any atom is -0.399 e. The van der Waals surface area contributed by atoms with E-state index in [4.69, 9.17) is 28.9 Å². The zero-order valence-corrected chi connectivity index (χ0v) is 14.8. The maximum Gasteiger partial charge on any atom is 0.191 e. The van der Waals surface area contributed by atoms with E-state index in [1.165, 1.54) is 0 Å². The van der Waals surface area contributed by atoms with E-state index < -0.39 is 11.3 Å². The molecule has 124 valence electrons. The van der Waals surface area contributed by atoms with E-state index in [0.717, 1.165) is 30.4 Å². The second kappa shape index (κ2) is 6.45. The smallest absolute Gasteiger partial charge is 0.191 e. The summed E-state index contributed by atoms with van der Waals surface area (Å²) in [5, 5.41) is 30.1. The van der Waals surface area contributed by atoms with Crippen molar-refractivity contribution in [1.82, 2.24) is 0 Å². The summed E-state index contributed by atoms with van der Waals surface area (Å²) in [4.78, 5) is 0. The third-order valence-electron chi connectivity index (χ3n) is 5.10. The lowest BCUT2D eigenvalue weighted by molar-refractivity contribution is 0.317. The molecule has 1 aromatic rings. The predicted octanol–water partition coefficient (Wildman–Crippen LogP) is 4.59. The normalized spacial score (nSPS) is 24.4. The average molecular weight is 369 g/mol. The zero-order chi connectivity index (χ0) is 18.2. The molecule has 3 rings (SSSR count). The topological polar surface area (TPSA) is 97.4 Å². The number of nitrogens with zero attached hydrogens (tertiary/aromatic N) is 3. The standard InChI is InChI=1S/C19H14Cl2N4/c20-15-6-5-11(7-16(15)21)17-13-4-2-1-3-12(13)14(8-22)18(25)19(17,9-23)10-24/h3,5-7,13,17H,1-2,4,25H2/t13-,17+/m1/s1. The van der Waals surface area contributed by atoms with Gasteiger partial charge >= 0.3 is 0 Å². The maximum atomic E-state index is 9.90. The van der Waals surface area contributed by atoms with Crippen LogP contribution in [0, 0.1) is 45.3 Å². The zero-order valence-electron chi connectivity index (χ0n) is 13.3. The van der Waals surface area contributed by atoms with E-state index in [1.807, 2.05) is 6.08 Å². The molecule has 0 saturated heterocycles. The second-order valence-corrected chi connectivity index (χ2v) is 7.09. The Morgan fingerprint density at radius 1 is 1.12 bits per heavy atom. The molecule has 0 unspecified atom stereocenters. The van der Waals surface area contributed by atoms with E-state index in [9.17, 15) is 15.8 Å². The van der Waals surface area contributed by atoms with Gasteiger partial charge in [0.1, 0.15) is 6.07 Å². The van der Waals surface area contributed by atoms with Gasteiger partial charge in [0.2, 0.25) is 0 Å². The van der Waals surface area contributed by atoms with Crippen LogP contribution in [0.4, 0.5) is 0 Å². The lowest BCUT2D eigenvalue weighted by atomic mass is 9.57. The van der Waals surface area contributed by atoms with Gasteiger partial charge in [-0.1, -0.05) is 35.3 Å². The fourth-order valence-corrected chi connectivity index (χ4v) is 4.26. The molecule has 2 N–H and O–H groups in total. The molecular formula is C19H14Cl2N4. The number of fused-ring (bicyclic) bond motifs is 1. The lowest BCUT2D eigenvalue weighted by Crippen LogP contribution is -2.42. The molecule has 0 amide bonds. The Balaban J connectivity index is 2.33. The summed E-state index contributed by atoms with van der Waals surface area (Å²) in [5.41, 5.74) is 6.46. The van der Waals surface area contributed by atoms with Crippen molar-refractivity contribution in [3.8, 4) is 18.2 Å². The highest BCUT2D eigenvalue weighted by atomic mass is 35.5. The van der Waals surface area contributed by atoms with Gasteiger partial charge in [0.25, 0.3) is 0 Å². The molecule has 25 heavy (non-hydrogen) atoms. The molecule has 0 bridgehead atoms. The highest BCUT2D eigenvalue weighted by Gasteiger charge is 2.53. The molecule has 4 nitrogen and oxygen atoms in total. The summed E-state index contributed by atoms with van der Waals surface area (Å²) in [6.07, 6.45) is 4.56. The molecule has 0 aromatic heterocycles. The molecule has 0 spiro atoms. The first-order chi connectivity index (χ1) is 12.0. The molecule has 2 aliphatic carbocycles. The summed E-state index contributed by atoms with van der Waals surface area (Å²) in [5.74, 6) is -0.631. The van der Waals surface area contributed by atoms with Gasteiger partial charge in [0.15, 0.2) is 5.41 Å². The van der Waals surface area contributed by atoms with Crippen LogP contribution in [0.2, 0.25) is 10.0 Å². The van der Waals surface area contributed by atoms with Crippen molar-refractivity contribution in [1.29, 1.82) is 15.8 Å². The first-order valence-electron chi connectivity index (χ1n) is 7.88. The number of hydrogen-bond donors (Lipinski definition) is 1. The van der Waals surface area contributed by atoms with Crippen molar-refractivity contribution < 1.29 is 0 Å². The molecule has 0 saturated carbocycles. The second-order valence-electron chi connectivity index (χ2n) is 6.28. The Morgan fingerprint density at radius 3 is 2.44 bits per heavy atom. The molecule has 2 atom stereocenters. The van der Waals surface area contributed by atoms with Crippen LogP contribution < -0.4 is 5.73 Å². The fourth-order valence-electron chi connectivity index (χ4n) is 3.96. The van der Waals surface area contributed by atoms with Crippen LogP contribution in [0.3, 0.4) is 0 Å². The lowest BCUT2D eigenvalue weighted by Gasteiger charge is -2.43. The van der Waals surface area contributed by atoms with Crippen molar-refractivity contribution in [3.63, 3.8) is 0 Å². The highest BCUT2D eigenvalue weighted by molar-refractivity contribution is 6.42. The molecular weight excluding hydrogens is 355 g/mol. The van der Waals surface area contributed by atoms with E-state index in [0.29, 0.717) is 10.0 Å². The molecule has 6 heteroatoms. The van der Waals surface area contributed by atoms with Gasteiger partial charge in [0, 0.05) is 5.92 Å². The Morgan fingerprint density at radius 2 is 1.84 bits per heavy atom. The van der Waals surface area contributed by atoms with Crippen molar-refractivity contribution in [2.24, 2.45) is 17.1 Å². The van der Waals surface area contributed by atoms with Crippen LogP contribution in [-0.2, 0) is 0 Å². The summed E-state index contributed by atoms with van der Waals surface area (Å²) in [7, 11) is 0. The minimum atomic E-state index is -1.61. The molecule has 0 heterocycles. The summed E-state index contributed by atoms with van der Waals surface area (Å²) >= 11 is 12.2. The molecule has 0 radical (unpaired) electrons. The largest absolute Gasteiger partial charge is 0.399 e. The van der Waals surface area contributed by atoms with Crippen LogP contribution in [0.15, 0.2) is 41.1 Å². The van der Waals surface area contributed by atoms with Gasteiger partial charge in [-0.15, -0.1) is 0 Å². The monoisotopic (exact) mass is 368 g/mol. The van der Waals surface area contributed by atoms with Gasteiger partial charge in [0.05, 0.1) is 33.5 Å². The van der Waals surface area contributed by atoms with Crippen molar-refractivity contribution >= 4 is 23.2 Å². The van der Waals surface area contributed by atoms with Crippen LogP contribution in [0.25, 0.3) is 0 Å². The van der Waals surface area contributed by atoms with E-state index >= 15 is 0 Å². The Labute approximate surface area is 156 Å². The van der Waals surface area contributed by atoms with Crippen molar-refractivity contribution in [2.75, 3.05) is 0 Å². The SMILES string of the molecule is N#CC1=C(N)C(C#N)(C#N)[C@@H](c2ccc(Cl)c(Cl)c2)[C@@H]2CCCC=C12. The molecule has 0 aliphatic heterocycles. The predicted molar refractivity (Wildman–Crippen MR) is 95.1 cm³/mol. The fraction of sp³-hybridized carbons (Fsp3) is 0.316. The highest BCUT2D eigenvalue weighted by Crippen LogP contribution is 2.56. The van der Waals surface area contributed by atoms with Gasteiger partial charge in [-0.05, 0) is 48.4 Å². The van der Waals surface area contributed by atoms with Crippen LogP contribution in [0.5, 0.6) is 0 Å². The maximum absolute atomic E-state index is 9.90. The number of nitrogens with two attached hydrogens (primary N) is 1. The number of hydrogen-bond acceptors (Lipinski definition) is 4.